The zero-order valence-electron chi connectivity index (χ0n) is 12.3. The maximum atomic E-state index is 5.41. The first kappa shape index (κ1) is 14.5. The van der Waals surface area contributed by atoms with Gasteiger partial charge >= 0.3 is 0 Å². The summed E-state index contributed by atoms with van der Waals surface area (Å²) in [7, 11) is 3.66. The summed E-state index contributed by atoms with van der Waals surface area (Å²) >= 11 is 0. The number of rotatable bonds is 7. The Hall–Kier alpha value is -1.88. The molecule has 20 heavy (non-hydrogen) atoms. The molecule has 0 aliphatic rings. The van der Waals surface area contributed by atoms with Crippen LogP contribution in [0.25, 0.3) is 0 Å². The summed E-state index contributed by atoms with van der Waals surface area (Å²) in [6.45, 7) is 3.03. The van der Waals surface area contributed by atoms with E-state index in [9.17, 15) is 0 Å². The lowest BCUT2D eigenvalue weighted by Crippen LogP contribution is -2.22. The monoisotopic (exact) mass is 274 g/mol. The highest BCUT2D eigenvalue weighted by Gasteiger charge is 2.15. The zero-order chi connectivity index (χ0) is 14.4. The van der Waals surface area contributed by atoms with Crippen LogP contribution in [0.1, 0.15) is 30.6 Å². The standard InChI is InChI=1S/C15H22N4O/c1-4-17-14(6-5-12-7-10-18-19(12)2)13-8-9-16-11-15(13)20-3/h7-11,14,17H,4-6H2,1-3H3. The van der Waals surface area contributed by atoms with Crippen LogP contribution in [0.5, 0.6) is 5.75 Å². The fourth-order valence-electron chi connectivity index (χ4n) is 2.40. The Balaban J connectivity index is 2.12. The molecule has 5 heteroatoms. The van der Waals surface area contributed by atoms with Crippen molar-refractivity contribution in [1.29, 1.82) is 0 Å². The SMILES string of the molecule is CCNC(CCc1ccnn1C)c1ccncc1OC. The molecule has 1 atom stereocenters. The van der Waals surface area contributed by atoms with E-state index in [4.69, 9.17) is 4.74 Å². The molecule has 1 N–H and O–H groups in total. The van der Waals surface area contributed by atoms with Gasteiger partial charge in [0.15, 0.2) is 0 Å². The Morgan fingerprint density at radius 3 is 2.85 bits per heavy atom. The van der Waals surface area contributed by atoms with Crippen LogP contribution in [-0.2, 0) is 13.5 Å². The van der Waals surface area contributed by atoms with E-state index in [1.54, 1.807) is 13.3 Å². The average molecular weight is 274 g/mol. The van der Waals surface area contributed by atoms with E-state index in [-0.39, 0.29) is 6.04 Å². The first-order valence-electron chi connectivity index (χ1n) is 6.94. The second-order valence-electron chi connectivity index (χ2n) is 4.71. The number of aromatic nitrogens is 3. The van der Waals surface area contributed by atoms with Gasteiger partial charge in [0.2, 0.25) is 0 Å². The molecule has 0 bridgehead atoms. The smallest absolute Gasteiger partial charge is 0.141 e. The van der Waals surface area contributed by atoms with Gasteiger partial charge in [-0.2, -0.15) is 5.10 Å². The molecule has 108 valence electrons. The molecule has 0 saturated heterocycles. The second kappa shape index (κ2) is 7.05. The summed E-state index contributed by atoms with van der Waals surface area (Å²) in [5, 5.41) is 7.73. The topological polar surface area (TPSA) is 52.0 Å². The van der Waals surface area contributed by atoms with Gasteiger partial charge in [0.05, 0.1) is 13.3 Å². The third-order valence-electron chi connectivity index (χ3n) is 3.47. The number of hydrogen-bond acceptors (Lipinski definition) is 4. The molecule has 1 unspecified atom stereocenters. The highest BCUT2D eigenvalue weighted by molar-refractivity contribution is 5.32. The fourth-order valence-corrected chi connectivity index (χ4v) is 2.40. The van der Waals surface area contributed by atoms with Crippen molar-refractivity contribution >= 4 is 0 Å². The maximum absolute atomic E-state index is 5.41. The molecule has 0 amide bonds. The predicted molar refractivity (Wildman–Crippen MR) is 78.7 cm³/mol. The predicted octanol–water partition coefficient (Wildman–Crippen LogP) is 2.11. The molecule has 0 saturated carbocycles. The highest BCUT2D eigenvalue weighted by Crippen LogP contribution is 2.27. The van der Waals surface area contributed by atoms with E-state index in [1.165, 1.54) is 5.69 Å². The number of nitrogens with one attached hydrogen (secondary N) is 1. The van der Waals surface area contributed by atoms with Gasteiger partial charge in [-0.1, -0.05) is 6.92 Å². The third kappa shape index (κ3) is 3.36. The molecule has 2 rings (SSSR count). The number of nitrogens with zero attached hydrogens (tertiary/aromatic N) is 3. The molecule has 2 aromatic rings. The molecule has 0 aliphatic heterocycles. The summed E-state index contributed by atoms with van der Waals surface area (Å²) in [5.74, 6) is 0.837. The summed E-state index contributed by atoms with van der Waals surface area (Å²) in [6, 6.07) is 4.34. The van der Waals surface area contributed by atoms with Gasteiger partial charge in [0, 0.05) is 36.7 Å². The lowest BCUT2D eigenvalue weighted by molar-refractivity contribution is 0.393. The Morgan fingerprint density at radius 2 is 2.20 bits per heavy atom. The van der Waals surface area contributed by atoms with Crippen LogP contribution in [0.15, 0.2) is 30.7 Å². The number of hydrogen-bond donors (Lipinski definition) is 1. The van der Waals surface area contributed by atoms with Crippen LogP contribution in [-0.4, -0.2) is 28.4 Å². The average Bonchev–Trinajstić information content (AvgIpc) is 2.89. The van der Waals surface area contributed by atoms with Crippen LogP contribution < -0.4 is 10.1 Å². The lowest BCUT2D eigenvalue weighted by atomic mass is 10.0. The summed E-state index contributed by atoms with van der Waals surface area (Å²) in [6.07, 6.45) is 7.38. The first-order chi connectivity index (χ1) is 9.76. The van der Waals surface area contributed by atoms with Gasteiger partial charge in [-0.3, -0.25) is 9.67 Å². The zero-order valence-corrected chi connectivity index (χ0v) is 12.3. The van der Waals surface area contributed by atoms with Crippen molar-refractivity contribution in [2.24, 2.45) is 7.05 Å². The lowest BCUT2D eigenvalue weighted by Gasteiger charge is -2.20. The second-order valence-corrected chi connectivity index (χ2v) is 4.71. The van der Waals surface area contributed by atoms with E-state index in [1.807, 2.05) is 30.2 Å². The minimum atomic E-state index is 0.257. The van der Waals surface area contributed by atoms with E-state index < -0.39 is 0 Å². The van der Waals surface area contributed by atoms with Gasteiger partial charge in [-0.15, -0.1) is 0 Å². The van der Waals surface area contributed by atoms with Crippen LogP contribution in [0.2, 0.25) is 0 Å². The molecule has 0 spiro atoms. The van der Waals surface area contributed by atoms with Crippen LogP contribution in [0.4, 0.5) is 0 Å². The molecular formula is C15H22N4O. The number of methoxy groups -OCH3 is 1. The van der Waals surface area contributed by atoms with E-state index in [0.29, 0.717) is 0 Å². The molecule has 0 aliphatic carbocycles. The van der Waals surface area contributed by atoms with E-state index in [0.717, 1.165) is 30.7 Å². The van der Waals surface area contributed by atoms with Gasteiger partial charge < -0.3 is 10.1 Å². The van der Waals surface area contributed by atoms with Crippen LogP contribution in [0.3, 0.4) is 0 Å². The van der Waals surface area contributed by atoms with Crippen LogP contribution >= 0.6 is 0 Å². The fraction of sp³-hybridized carbons (Fsp3) is 0.467. The molecular weight excluding hydrogens is 252 g/mol. The van der Waals surface area contributed by atoms with Crippen molar-refractivity contribution in [1.82, 2.24) is 20.1 Å². The third-order valence-corrected chi connectivity index (χ3v) is 3.47. The summed E-state index contributed by atoms with van der Waals surface area (Å²) in [5.41, 5.74) is 2.40. The van der Waals surface area contributed by atoms with Crippen molar-refractivity contribution < 1.29 is 4.74 Å². The Kier molecular flexibility index (Phi) is 5.12. The Labute approximate surface area is 120 Å². The largest absolute Gasteiger partial charge is 0.495 e. The van der Waals surface area contributed by atoms with Crippen molar-refractivity contribution in [3.63, 3.8) is 0 Å². The van der Waals surface area contributed by atoms with Gasteiger partial charge in [0.25, 0.3) is 0 Å². The highest BCUT2D eigenvalue weighted by atomic mass is 16.5. The summed E-state index contributed by atoms with van der Waals surface area (Å²) < 4.78 is 7.34. The Morgan fingerprint density at radius 1 is 1.35 bits per heavy atom. The number of ether oxygens (including phenoxy) is 1. The quantitative estimate of drug-likeness (QED) is 0.840. The normalized spacial score (nSPS) is 12.3. The minimum absolute atomic E-state index is 0.257. The number of pyridine rings is 1. The first-order valence-corrected chi connectivity index (χ1v) is 6.94. The summed E-state index contributed by atoms with van der Waals surface area (Å²) in [4.78, 5) is 4.12. The van der Waals surface area contributed by atoms with Crippen molar-refractivity contribution in [2.45, 2.75) is 25.8 Å². The van der Waals surface area contributed by atoms with Gasteiger partial charge in [0.1, 0.15) is 5.75 Å². The van der Waals surface area contributed by atoms with Gasteiger partial charge in [-0.05, 0) is 31.5 Å². The van der Waals surface area contributed by atoms with E-state index >= 15 is 0 Å². The van der Waals surface area contributed by atoms with E-state index in [2.05, 4.69) is 28.4 Å². The Bertz CT molecular complexity index is 538. The van der Waals surface area contributed by atoms with Crippen molar-refractivity contribution in [2.75, 3.05) is 13.7 Å². The molecule has 2 heterocycles. The minimum Gasteiger partial charge on any atom is -0.495 e. The molecule has 0 radical (unpaired) electrons. The van der Waals surface area contributed by atoms with Gasteiger partial charge in [-0.25, -0.2) is 0 Å². The molecule has 2 aromatic heterocycles. The van der Waals surface area contributed by atoms with Crippen LogP contribution in [0, 0.1) is 0 Å². The van der Waals surface area contributed by atoms with Crippen molar-refractivity contribution in [3.8, 4) is 5.75 Å². The number of aryl methyl sites for hydroxylation is 2. The molecule has 0 aromatic carbocycles. The molecule has 5 nitrogen and oxygen atoms in total. The maximum Gasteiger partial charge on any atom is 0.141 e. The van der Waals surface area contributed by atoms with Crippen molar-refractivity contribution in [3.05, 3.63) is 42.0 Å². The molecule has 0 fully saturated rings.